The van der Waals surface area contributed by atoms with Crippen molar-refractivity contribution in [3.8, 4) is 23.0 Å². The van der Waals surface area contributed by atoms with Crippen molar-refractivity contribution in [2.24, 2.45) is 0 Å². The van der Waals surface area contributed by atoms with Gasteiger partial charge in [-0.05, 0) is 48.0 Å². The van der Waals surface area contributed by atoms with Crippen molar-refractivity contribution in [3.05, 3.63) is 70.9 Å². The van der Waals surface area contributed by atoms with E-state index in [0.717, 1.165) is 5.56 Å². The van der Waals surface area contributed by atoms with Gasteiger partial charge in [-0.1, -0.05) is 17.7 Å². The van der Waals surface area contributed by atoms with Gasteiger partial charge in [-0.15, -0.1) is 0 Å². The molecule has 0 saturated heterocycles. The van der Waals surface area contributed by atoms with E-state index in [9.17, 15) is 4.79 Å². The van der Waals surface area contributed by atoms with E-state index in [2.05, 4.69) is 4.98 Å². The number of anilines is 1. The van der Waals surface area contributed by atoms with Gasteiger partial charge in [0.25, 0.3) is 0 Å². The molecule has 1 aromatic heterocycles. The number of nitrogens with zero attached hydrogens (tertiary/aromatic N) is 2. The Labute approximate surface area is 192 Å². The number of rotatable bonds is 10. The molecule has 32 heavy (non-hydrogen) atoms. The third kappa shape index (κ3) is 5.23. The summed E-state index contributed by atoms with van der Waals surface area (Å²) >= 11 is 6.21. The molecule has 3 rings (SSSR count). The van der Waals surface area contributed by atoms with Gasteiger partial charge < -0.3 is 23.8 Å². The minimum absolute atomic E-state index is 0.0936. The zero-order valence-corrected chi connectivity index (χ0v) is 19.2. The lowest BCUT2D eigenvalue weighted by molar-refractivity contribution is 0.0998. The summed E-state index contributed by atoms with van der Waals surface area (Å²) < 4.78 is 21.5. The summed E-state index contributed by atoms with van der Waals surface area (Å²) in [4.78, 5) is 19.4. The van der Waals surface area contributed by atoms with Crippen molar-refractivity contribution in [2.75, 3.05) is 39.9 Å². The summed E-state index contributed by atoms with van der Waals surface area (Å²) in [5.41, 5.74) is 1.35. The molecule has 0 saturated carbocycles. The maximum atomic E-state index is 13.1. The number of ketones is 1. The van der Waals surface area contributed by atoms with E-state index in [1.165, 1.54) is 7.11 Å². The number of carbonyl (C=O) groups is 1. The quantitative estimate of drug-likeness (QED) is 0.411. The Morgan fingerprint density at radius 3 is 2.12 bits per heavy atom. The van der Waals surface area contributed by atoms with Gasteiger partial charge >= 0.3 is 0 Å². The number of methoxy groups -OCH3 is 4. The first-order chi connectivity index (χ1) is 15.5. The van der Waals surface area contributed by atoms with Crippen LogP contribution in [0.5, 0.6) is 23.0 Å². The van der Waals surface area contributed by atoms with E-state index in [0.29, 0.717) is 45.9 Å². The lowest BCUT2D eigenvalue weighted by Crippen LogP contribution is -2.30. The number of carbonyl (C=O) groups excluding carboxylic acids is 1. The highest BCUT2D eigenvalue weighted by atomic mass is 35.5. The standard InChI is InChI=1S/C24H25ClN2O5/c1-29-20-9-8-17(13-18(20)25)19(28)15-27(23-7-5-6-10-26-23)14-16-11-21(30-2)24(32-4)22(12-16)31-3/h5-13H,14-15H2,1-4H3. The molecular weight excluding hydrogens is 432 g/mol. The molecule has 0 fully saturated rings. The van der Waals surface area contributed by atoms with Crippen LogP contribution in [0.25, 0.3) is 0 Å². The van der Waals surface area contributed by atoms with Crippen molar-refractivity contribution >= 4 is 23.2 Å². The van der Waals surface area contributed by atoms with Crippen LogP contribution in [-0.4, -0.2) is 45.8 Å². The van der Waals surface area contributed by atoms with Crippen LogP contribution in [0.1, 0.15) is 15.9 Å². The first-order valence-electron chi connectivity index (χ1n) is 9.82. The Morgan fingerprint density at radius 1 is 0.906 bits per heavy atom. The summed E-state index contributed by atoms with van der Waals surface area (Å²) in [6, 6.07) is 14.2. The van der Waals surface area contributed by atoms with E-state index in [1.807, 2.05) is 35.2 Å². The lowest BCUT2D eigenvalue weighted by Gasteiger charge is -2.24. The van der Waals surface area contributed by atoms with Crippen LogP contribution < -0.4 is 23.8 Å². The SMILES string of the molecule is COc1ccc(C(=O)CN(Cc2cc(OC)c(OC)c(OC)c2)c2ccccn2)cc1Cl. The predicted octanol–water partition coefficient (Wildman–Crippen LogP) is 4.66. The summed E-state index contributed by atoms with van der Waals surface area (Å²) in [7, 11) is 6.21. The molecular formula is C24H25ClN2O5. The molecule has 0 bridgehead atoms. The monoisotopic (exact) mass is 456 g/mol. The number of hydrogen-bond acceptors (Lipinski definition) is 7. The van der Waals surface area contributed by atoms with E-state index in [-0.39, 0.29) is 12.3 Å². The molecule has 0 spiro atoms. The fourth-order valence-corrected chi connectivity index (χ4v) is 3.57. The molecule has 0 aliphatic rings. The average molecular weight is 457 g/mol. The van der Waals surface area contributed by atoms with Gasteiger partial charge in [0.1, 0.15) is 11.6 Å². The molecule has 0 atom stereocenters. The fourth-order valence-electron chi connectivity index (χ4n) is 3.31. The minimum atomic E-state index is -0.104. The van der Waals surface area contributed by atoms with Crippen molar-refractivity contribution in [3.63, 3.8) is 0 Å². The third-order valence-corrected chi connectivity index (χ3v) is 5.17. The van der Waals surface area contributed by atoms with E-state index in [4.69, 9.17) is 30.5 Å². The maximum absolute atomic E-state index is 13.1. The van der Waals surface area contributed by atoms with Crippen LogP contribution in [0.4, 0.5) is 5.82 Å². The molecule has 0 unspecified atom stereocenters. The van der Waals surface area contributed by atoms with Crippen LogP contribution >= 0.6 is 11.6 Å². The number of aromatic nitrogens is 1. The Morgan fingerprint density at radius 2 is 1.59 bits per heavy atom. The second kappa shape index (κ2) is 10.7. The van der Waals surface area contributed by atoms with Crippen molar-refractivity contribution < 1.29 is 23.7 Å². The largest absolute Gasteiger partial charge is 0.495 e. The molecule has 168 valence electrons. The number of halogens is 1. The predicted molar refractivity (Wildman–Crippen MR) is 124 cm³/mol. The van der Waals surface area contributed by atoms with Gasteiger partial charge in [0.2, 0.25) is 5.75 Å². The zero-order chi connectivity index (χ0) is 23.1. The fraction of sp³-hybridized carbons (Fsp3) is 0.250. The molecule has 0 aliphatic heterocycles. The van der Waals surface area contributed by atoms with Crippen molar-refractivity contribution in [1.29, 1.82) is 0 Å². The average Bonchev–Trinajstić information content (AvgIpc) is 2.83. The molecule has 7 nitrogen and oxygen atoms in total. The van der Waals surface area contributed by atoms with Gasteiger partial charge in [-0.3, -0.25) is 4.79 Å². The normalized spacial score (nSPS) is 10.4. The van der Waals surface area contributed by atoms with Crippen LogP contribution in [0.15, 0.2) is 54.7 Å². The third-order valence-electron chi connectivity index (χ3n) is 4.88. The number of ether oxygens (including phenoxy) is 4. The van der Waals surface area contributed by atoms with Crippen molar-refractivity contribution in [1.82, 2.24) is 4.98 Å². The molecule has 0 aliphatic carbocycles. The van der Waals surface area contributed by atoms with E-state index >= 15 is 0 Å². The second-order valence-corrected chi connectivity index (χ2v) is 7.26. The van der Waals surface area contributed by atoms with E-state index in [1.54, 1.807) is 45.7 Å². The maximum Gasteiger partial charge on any atom is 0.203 e. The molecule has 0 radical (unpaired) electrons. The second-order valence-electron chi connectivity index (χ2n) is 6.85. The Hall–Kier alpha value is -3.45. The van der Waals surface area contributed by atoms with E-state index < -0.39 is 0 Å². The van der Waals surface area contributed by atoms with Crippen LogP contribution in [0.3, 0.4) is 0 Å². The molecule has 0 N–H and O–H groups in total. The highest BCUT2D eigenvalue weighted by Crippen LogP contribution is 2.38. The molecule has 0 amide bonds. The zero-order valence-electron chi connectivity index (χ0n) is 18.4. The highest BCUT2D eigenvalue weighted by Gasteiger charge is 2.19. The summed E-state index contributed by atoms with van der Waals surface area (Å²) in [5, 5.41) is 0.382. The molecule has 2 aromatic carbocycles. The molecule has 8 heteroatoms. The number of hydrogen-bond donors (Lipinski definition) is 0. The van der Waals surface area contributed by atoms with Gasteiger partial charge in [-0.2, -0.15) is 0 Å². The molecule has 3 aromatic rings. The number of pyridine rings is 1. The van der Waals surface area contributed by atoms with Gasteiger partial charge in [0.15, 0.2) is 17.3 Å². The van der Waals surface area contributed by atoms with Crippen LogP contribution in [0, 0.1) is 0 Å². The Kier molecular flexibility index (Phi) is 7.78. The van der Waals surface area contributed by atoms with Gasteiger partial charge in [-0.25, -0.2) is 4.98 Å². The Bertz CT molecular complexity index is 1050. The topological polar surface area (TPSA) is 70.1 Å². The van der Waals surface area contributed by atoms with Gasteiger partial charge in [0, 0.05) is 18.3 Å². The Balaban J connectivity index is 1.92. The van der Waals surface area contributed by atoms with Crippen molar-refractivity contribution in [2.45, 2.75) is 6.54 Å². The first-order valence-corrected chi connectivity index (χ1v) is 10.2. The highest BCUT2D eigenvalue weighted by molar-refractivity contribution is 6.32. The lowest BCUT2D eigenvalue weighted by atomic mass is 10.1. The first kappa shape index (κ1) is 23.2. The number of benzene rings is 2. The van der Waals surface area contributed by atoms with Crippen LogP contribution in [-0.2, 0) is 6.54 Å². The summed E-state index contributed by atoms with van der Waals surface area (Å²) in [6.07, 6.45) is 1.69. The molecule has 1 heterocycles. The summed E-state index contributed by atoms with van der Waals surface area (Å²) in [5.74, 6) is 2.66. The summed E-state index contributed by atoms with van der Waals surface area (Å²) in [6.45, 7) is 0.486. The van der Waals surface area contributed by atoms with Crippen LogP contribution in [0.2, 0.25) is 5.02 Å². The van der Waals surface area contributed by atoms with Gasteiger partial charge in [0.05, 0.1) is 40.0 Å². The number of Topliss-reactive ketones (excluding diaryl/α,β-unsaturated/α-hetero) is 1. The minimum Gasteiger partial charge on any atom is -0.495 e. The smallest absolute Gasteiger partial charge is 0.203 e.